The molecule has 2 atom stereocenters. The second kappa shape index (κ2) is 5.28. The zero-order valence-corrected chi connectivity index (χ0v) is 9.91. The molecule has 1 N–H and O–H groups in total. The Labute approximate surface area is 104 Å². The van der Waals surface area contributed by atoms with Gasteiger partial charge in [-0.05, 0) is 24.4 Å². The number of nitrogens with zero attached hydrogens (tertiary/aromatic N) is 3. The summed E-state index contributed by atoms with van der Waals surface area (Å²) in [6.45, 7) is 0. The van der Waals surface area contributed by atoms with Crippen LogP contribution in [0.3, 0.4) is 0 Å². The van der Waals surface area contributed by atoms with Crippen molar-refractivity contribution in [3.8, 4) is 6.07 Å². The van der Waals surface area contributed by atoms with Crippen molar-refractivity contribution >= 4 is 17.4 Å². The summed E-state index contributed by atoms with van der Waals surface area (Å²) in [5.74, 6) is -0.564. The van der Waals surface area contributed by atoms with Crippen LogP contribution in [0.15, 0.2) is 6.20 Å². The summed E-state index contributed by atoms with van der Waals surface area (Å²) in [6, 6.07) is 2.19. The fraction of sp³-hybridized carbons (Fsp3) is 0.545. The quantitative estimate of drug-likeness (QED) is 0.825. The Morgan fingerprint density at radius 2 is 2.24 bits per heavy atom. The number of hydrogen-bond acceptors (Lipinski definition) is 4. The van der Waals surface area contributed by atoms with E-state index in [4.69, 9.17) is 16.9 Å². The lowest BCUT2D eigenvalue weighted by molar-refractivity contribution is 0.386. The minimum absolute atomic E-state index is 0.00165. The molecule has 0 aliphatic heterocycles. The maximum Gasteiger partial charge on any atom is 0.224 e. The van der Waals surface area contributed by atoms with Crippen LogP contribution in [0.1, 0.15) is 25.7 Å². The summed E-state index contributed by atoms with van der Waals surface area (Å²) in [6.07, 6.45) is 4.80. The van der Waals surface area contributed by atoms with E-state index in [9.17, 15) is 4.39 Å². The maximum atomic E-state index is 13.4. The Bertz CT molecular complexity index is 446. The van der Waals surface area contributed by atoms with Gasteiger partial charge in [-0.3, -0.25) is 0 Å². The summed E-state index contributed by atoms with van der Waals surface area (Å²) in [5.41, 5.74) is 0. The molecule has 17 heavy (non-hydrogen) atoms. The Morgan fingerprint density at radius 1 is 1.47 bits per heavy atom. The van der Waals surface area contributed by atoms with Crippen molar-refractivity contribution in [2.75, 3.05) is 5.32 Å². The minimum atomic E-state index is -0.545. The number of nitrogens with one attached hydrogen (secondary N) is 1. The third-order valence-corrected chi connectivity index (χ3v) is 3.15. The molecule has 1 aromatic rings. The van der Waals surface area contributed by atoms with Crippen molar-refractivity contribution in [3.63, 3.8) is 0 Å². The van der Waals surface area contributed by atoms with E-state index in [1.807, 2.05) is 0 Å². The molecule has 0 radical (unpaired) electrons. The van der Waals surface area contributed by atoms with E-state index >= 15 is 0 Å². The molecule has 0 aromatic carbocycles. The van der Waals surface area contributed by atoms with Crippen molar-refractivity contribution in [2.45, 2.75) is 31.7 Å². The van der Waals surface area contributed by atoms with Crippen molar-refractivity contribution in [1.82, 2.24) is 9.97 Å². The first-order chi connectivity index (χ1) is 8.20. The lowest BCUT2D eigenvalue weighted by Gasteiger charge is -2.27. The number of halogens is 2. The van der Waals surface area contributed by atoms with Gasteiger partial charge >= 0.3 is 0 Å². The summed E-state index contributed by atoms with van der Waals surface area (Å²) >= 11 is 5.61. The summed E-state index contributed by atoms with van der Waals surface area (Å²) in [4.78, 5) is 7.34. The highest BCUT2D eigenvalue weighted by atomic mass is 35.5. The Kier molecular flexibility index (Phi) is 3.75. The van der Waals surface area contributed by atoms with Gasteiger partial charge < -0.3 is 5.32 Å². The summed E-state index contributed by atoms with van der Waals surface area (Å²) in [5, 5.41) is 12.0. The molecule has 0 saturated heterocycles. The number of aromatic nitrogens is 2. The van der Waals surface area contributed by atoms with Gasteiger partial charge in [-0.1, -0.05) is 12.8 Å². The van der Waals surface area contributed by atoms with Crippen LogP contribution in [0.4, 0.5) is 10.2 Å². The van der Waals surface area contributed by atoms with Gasteiger partial charge in [0.15, 0.2) is 11.6 Å². The Balaban J connectivity index is 2.14. The molecule has 2 rings (SSSR count). The minimum Gasteiger partial charge on any atom is -0.363 e. The van der Waals surface area contributed by atoms with Gasteiger partial charge in [0.1, 0.15) is 0 Å². The molecule has 1 aliphatic rings. The van der Waals surface area contributed by atoms with Crippen molar-refractivity contribution in [3.05, 3.63) is 17.3 Å². The smallest absolute Gasteiger partial charge is 0.224 e. The molecule has 1 saturated carbocycles. The molecule has 1 aromatic heterocycles. The van der Waals surface area contributed by atoms with Gasteiger partial charge in [0, 0.05) is 6.04 Å². The molecule has 1 heterocycles. The zero-order valence-electron chi connectivity index (χ0n) is 9.16. The topological polar surface area (TPSA) is 61.6 Å². The first kappa shape index (κ1) is 12.1. The third-order valence-electron chi connectivity index (χ3n) is 2.97. The molecule has 0 unspecified atom stereocenters. The van der Waals surface area contributed by atoms with Gasteiger partial charge in [-0.2, -0.15) is 10.2 Å². The van der Waals surface area contributed by atoms with Crippen LogP contribution in [0, 0.1) is 23.1 Å². The molecule has 4 nitrogen and oxygen atoms in total. The van der Waals surface area contributed by atoms with Crippen LogP contribution in [-0.4, -0.2) is 16.0 Å². The summed E-state index contributed by atoms with van der Waals surface area (Å²) in [7, 11) is 0. The average molecular weight is 255 g/mol. The van der Waals surface area contributed by atoms with E-state index in [0.717, 1.165) is 31.9 Å². The molecule has 0 bridgehead atoms. The number of nitriles is 1. The normalized spacial score (nSPS) is 24.1. The van der Waals surface area contributed by atoms with Crippen LogP contribution in [0.2, 0.25) is 5.28 Å². The molecule has 0 spiro atoms. The maximum absolute atomic E-state index is 13.4. The van der Waals surface area contributed by atoms with Crippen LogP contribution in [-0.2, 0) is 0 Å². The third kappa shape index (κ3) is 2.83. The fourth-order valence-electron chi connectivity index (χ4n) is 2.08. The molecule has 1 fully saturated rings. The molecular weight excluding hydrogens is 243 g/mol. The van der Waals surface area contributed by atoms with Crippen molar-refractivity contribution in [1.29, 1.82) is 5.26 Å². The predicted molar refractivity (Wildman–Crippen MR) is 62.0 cm³/mol. The van der Waals surface area contributed by atoms with Gasteiger partial charge in [-0.25, -0.2) is 9.37 Å². The van der Waals surface area contributed by atoms with Crippen LogP contribution in [0.5, 0.6) is 0 Å². The predicted octanol–water partition coefficient (Wildman–Crippen LogP) is 2.76. The van der Waals surface area contributed by atoms with Crippen LogP contribution < -0.4 is 5.32 Å². The SMILES string of the molecule is N#C[C@H]1CCCC[C@@H]1Nc1nc(Cl)ncc1F. The van der Waals surface area contributed by atoms with Gasteiger partial charge in [0.05, 0.1) is 18.2 Å². The van der Waals surface area contributed by atoms with Gasteiger partial charge in [-0.15, -0.1) is 0 Å². The number of rotatable bonds is 2. The van der Waals surface area contributed by atoms with E-state index in [0.29, 0.717) is 0 Å². The second-order valence-electron chi connectivity index (χ2n) is 4.11. The number of anilines is 1. The molecular formula is C11H12ClFN4. The van der Waals surface area contributed by atoms with E-state index in [2.05, 4.69) is 21.4 Å². The second-order valence-corrected chi connectivity index (χ2v) is 4.44. The standard InChI is InChI=1S/C11H12ClFN4/c12-11-15-6-8(13)10(17-11)16-9-4-2-1-3-7(9)5-14/h6-7,9H,1-4H2,(H,15,16,17)/t7-,9+/m1/s1. The first-order valence-electron chi connectivity index (χ1n) is 5.55. The van der Waals surface area contributed by atoms with E-state index in [1.54, 1.807) is 0 Å². The van der Waals surface area contributed by atoms with Crippen molar-refractivity contribution < 1.29 is 4.39 Å². The lowest BCUT2D eigenvalue weighted by atomic mass is 9.85. The van der Waals surface area contributed by atoms with E-state index in [1.165, 1.54) is 0 Å². The first-order valence-corrected chi connectivity index (χ1v) is 5.92. The molecule has 6 heteroatoms. The Hall–Kier alpha value is -1.41. The highest BCUT2D eigenvalue weighted by Gasteiger charge is 2.26. The highest BCUT2D eigenvalue weighted by Crippen LogP contribution is 2.27. The highest BCUT2D eigenvalue weighted by molar-refractivity contribution is 6.28. The average Bonchev–Trinajstić information content (AvgIpc) is 2.34. The molecule has 1 aliphatic carbocycles. The van der Waals surface area contributed by atoms with Crippen LogP contribution >= 0.6 is 11.6 Å². The van der Waals surface area contributed by atoms with E-state index < -0.39 is 5.82 Å². The Morgan fingerprint density at radius 3 is 3.00 bits per heavy atom. The zero-order chi connectivity index (χ0) is 12.3. The van der Waals surface area contributed by atoms with Crippen molar-refractivity contribution in [2.24, 2.45) is 5.92 Å². The molecule has 90 valence electrons. The fourth-order valence-corrected chi connectivity index (χ4v) is 2.21. The van der Waals surface area contributed by atoms with Gasteiger partial charge in [0.2, 0.25) is 5.28 Å². The largest absolute Gasteiger partial charge is 0.363 e. The van der Waals surface area contributed by atoms with Gasteiger partial charge in [0.25, 0.3) is 0 Å². The van der Waals surface area contributed by atoms with Crippen LogP contribution in [0.25, 0.3) is 0 Å². The summed E-state index contributed by atoms with van der Waals surface area (Å²) < 4.78 is 13.4. The van der Waals surface area contributed by atoms with E-state index in [-0.39, 0.29) is 23.1 Å². The monoisotopic (exact) mass is 254 g/mol. The number of hydrogen-bond donors (Lipinski definition) is 1. The molecule has 0 amide bonds. The lowest BCUT2D eigenvalue weighted by Crippen LogP contribution is -2.32.